The van der Waals surface area contributed by atoms with Gasteiger partial charge in [0.2, 0.25) is 0 Å². The zero-order valence-electron chi connectivity index (χ0n) is 10.7. The zero-order chi connectivity index (χ0) is 13.9. The number of nitro groups is 1. The van der Waals surface area contributed by atoms with Crippen LogP contribution in [-0.2, 0) is 11.2 Å². The predicted octanol–water partition coefficient (Wildman–Crippen LogP) is 3.70. The zero-order valence-corrected chi connectivity index (χ0v) is 12.5. The summed E-state index contributed by atoms with van der Waals surface area (Å²) in [6, 6.07) is 4.82. The Labute approximate surface area is 112 Å². The third-order valence-corrected chi connectivity index (χ3v) is 4.17. The molecular formula is C12H16ClNO3Si. The second-order valence-electron chi connectivity index (χ2n) is 5.49. The van der Waals surface area contributed by atoms with Gasteiger partial charge in [-0.25, -0.2) is 0 Å². The Bertz CT molecular complexity index is 483. The lowest BCUT2D eigenvalue weighted by Gasteiger charge is -2.14. The molecule has 0 saturated carbocycles. The minimum absolute atomic E-state index is 0.0543. The molecule has 0 unspecified atom stereocenters. The molecule has 0 aliphatic heterocycles. The molecule has 1 aromatic rings. The van der Waals surface area contributed by atoms with E-state index in [2.05, 4.69) is 19.6 Å². The van der Waals surface area contributed by atoms with E-state index >= 15 is 0 Å². The molecule has 0 atom stereocenters. The summed E-state index contributed by atoms with van der Waals surface area (Å²) in [5, 5.41) is 10.8. The van der Waals surface area contributed by atoms with E-state index in [0.29, 0.717) is 11.6 Å². The van der Waals surface area contributed by atoms with Crippen LogP contribution in [0.4, 0.5) is 5.69 Å². The molecular weight excluding hydrogens is 270 g/mol. The van der Waals surface area contributed by atoms with Gasteiger partial charge in [0.05, 0.1) is 18.0 Å². The Kier molecular flexibility index (Phi) is 4.64. The highest BCUT2D eigenvalue weighted by atomic mass is 35.5. The summed E-state index contributed by atoms with van der Waals surface area (Å²) in [6.45, 7) is 6.38. The van der Waals surface area contributed by atoms with Crippen LogP contribution in [-0.4, -0.2) is 18.8 Å². The molecule has 18 heavy (non-hydrogen) atoms. The van der Waals surface area contributed by atoms with Gasteiger partial charge in [-0.1, -0.05) is 37.3 Å². The molecule has 98 valence electrons. The summed E-state index contributed by atoms with van der Waals surface area (Å²) in [5.74, 6) is 0.143. The van der Waals surface area contributed by atoms with E-state index in [-0.39, 0.29) is 22.9 Å². The highest BCUT2D eigenvalue weighted by Crippen LogP contribution is 2.24. The van der Waals surface area contributed by atoms with Crippen LogP contribution in [0.1, 0.15) is 5.56 Å². The number of hydrogen-bond acceptors (Lipinski definition) is 3. The lowest BCUT2D eigenvalue weighted by molar-refractivity contribution is -0.384. The van der Waals surface area contributed by atoms with Crippen LogP contribution in [0, 0.1) is 10.1 Å². The Morgan fingerprint density at radius 3 is 2.44 bits per heavy atom. The van der Waals surface area contributed by atoms with E-state index in [1.165, 1.54) is 12.1 Å². The van der Waals surface area contributed by atoms with Crippen molar-refractivity contribution in [2.24, 2.45) is 0 Å². The highest BCUT2D eigenvalue weighted by Gasteiger charge is 2.19. The standard InChI is InChI=1S/C12H16ClNO3Si/c1-18(2,3)8-11(15)6-9-4-5-10(14(16)17)7-12(9)13/h4-5,7H,6,8H2,1-3H3. The number of carbonyl (C=O) groups excluding carboxylic acids is 1. The summed E-state index contributed by atoms with van der Waals surface area (Å²) in [6.07, 6.45) is 0.251. The van der Waals surface area contributed by atoms with E-state index in [1.807, 2.05) is 0 Å². The number of rotatable bonds is 5. The largest absolute Gasteiger partial charge is 0.300 e. The normalized spacial score (nSPS) is 11.3. The van der Waals surface area contributed by atoms with Crippen molar-refractivity contribution < 1.29 is 9.72 Å². The van der Waals surface area contributed by atoms with Gasteiger partial charge in [0.1, 0.15) is 5.78 Å². The monoisotopic (exact) mass is 285 g/mol. The molecule has 0 saturated heterocycles. The van der Waals surface area contributed by atoms with Gasteiger partial charge in [-0.3, -0.25) is 14.9 Å². The number of benzene rings is 1. The Morgan fingerprint density at radius 2 is 2.00 bits per heavy atom. The predicted molar refractivity (Wildman–Crippen MR) is 75.0 cm³/mol. The molecule has 0 amide bonds. The van der Waals surface area contributed by atoms with Crippen LogP contribution in [0.3, 0.4) is 0 Å². The average Bonchev–Trinajstić information content (AvgIpc) is 2.17. The average molecular weight is 286 g/mol. The summed E-state index contributed by atoms with van der Waals surface area (Å²) in [4.78, 5) is 21.9. The first-order valence-electron chi connectivity index (χ1n) is 5.63. The van der Waals surface area contributed by atoms with Crippen molar-refractivity contribution in [3.63, 3.8) is 0 Å². The van der Waals surface area contributed by atoms with Crippen LogP contribution in [0.15, 0.2) is 18.2 Å². The first-order valence-corrected chi connectivity index (χ1v) is 9.72. The number of nitro benzene ring substituents is 1. The van der Waals surface area contributed by atoms with Crippen LogP contribution in [0.25, 0.3) is 0 Å². The molecule has 1 rings (SSSR count). The van der Waals surface area contributed by atoms with Crippen LogP contribution in [0.2, 0.25) is 30.7 Å². The van der Waals surface area contributed by atoms with Crippen molar-refractivity contribution in [3.05, 3.63) is 38.9 Å². The molecule has 0 aliphatic carbocycles. The van der Waals surface area contributed by atoms with Crippen LogP contribution >= 0.6 is 11.6 Å². The number of Topliss-reactive ketones (excluding diaryl/α,β-unsaturated/α-hetero) is 1. The van der Waals surface area contributed by atoms with Gasteiger partial charge in [-0.2, -0.15) is 0 Å². The lowest BCUT2D eigenvalue weighted by atomic mass is 10.1. The van der Waals surface area contributed by atoms with Crippen molar-refractivity contribution in [1.29, 1.82) is 0 Å². The fourth-order valence-corrected chi connectivity index (χ4v) is 3.21. The van der Waals surface area contributed by atoms with Gasteiger partial charge in [-0.15, -0.1) is 0 Å². The SMILES string of the molecule is C[Si](C)(C)CC(=O)Cc1ccc([N+](=O)[O-])cc1Cl. The first kappa shape index (κ1) is 14.9. The van der Waals surface area contributed by atoms with Crippen molar-refractivity contribution in [1.82, 2.24) is 0 Å². The smallest absolute Gasteiger partial charge is 0.270 e. The third kappa shape index (κ3) is 4.58. The molecule has 0 fully saturated rings. The Balaban J connectivity index is 2.80. The molecule has 0 radical (unpaired) electrons. The molecule has 0 N–H and O–H groups in total. The van der Waals surface area contributed by atoms with Gasteiger partial charge in [-0.05, 0) is 5.56 Å². The third-order valence-electron chi connectivity index (χ3n) is 2.36. The number of ketones is 1. The molecule has 0 aromatic heterocycles. The van der Waals surface area contributed by atoms with E-state index < -0.39 is 13.0 Å². The summed E-state index contributed by atoms with van der Waals surface area (Å²) >= 11 is 5.94. The number of non-ortho nitro benzene ring substituents is 1. The molecule has 0 spiro atoms. The maximum Gasteiger partial charge on any atom is 0.270 e. The minimum Gasteiger partial charge on any atom is -0.300 e. The van der Waals surface area contributed by atoms with E-state index in [4.69, 9.17) is 11.6 Å². The Hall–Kier alpha value is -1.20. The van der Waals surface area contributed by atoms with Crippen molar-refractivity contribution in [2.45, 2.75) is 32.1 Å². The quantitative estimate of drug-likeness (QED) is 0.471. The number of nitrogens with zero attached hydrogens (tertiary/aromatic N) is 1. The van der Waals surface area contributed by atoms with Gasteiger partial charge in [0.15, 0.2) is 0 Å². The number of carbonyl (C=O) groups is 1. The number of halogens is 1. The van der Waals surface area contributed by atoms with Crippen LogP contribution in [0.5, 0.6) is 0 Å². The van der Waals surface area contributed by atoms with Crippen LogP contribution < -0.4 is 0 Å². The molecule has 4 nitrogen and oxygen atoms in total. The maximum absolute atomic E-state index is 11.8. The molecule has 6 heteroatoms. The molecule has 1 aromatic carbocycles. The van der Waals surface area contributed by atoms with E-state index in [1.54, 1.807) is 6.07 Å². The number of hydrogen-bond donors (Lipinski definition) is 0. The topological polar surface area (TPSA) is 60.2 Å². The summed E-state index contributed by atoms with van der Waals surface area (Å²) in [7, 11) is -1.42. The summed E-state index contributed by atoms with van der Waals surface area (Å²) in [5.41, 5.74) is 0.604. The molecule has 0 aliphatic rings. The van der Waals surface area contributed by atoms with Gasteiger partial charge in [0, 0.05) is 24.6 Å². The maximum atomic E-state index is 11.8. The second kappa shape index (κ2) is 5.62. The fourth-order valence-electron chi connectivity index (χ4n) is 1.66. The van der Waals surface area contributed by atoms with Gasteiger partial charge in [0.25, 0.3) is 5.69 Å². The van der Waals surface area contributed by atoms with Gasteiger partial charge < -0.3 is 0 Å². The molecule has 0 heterocycles. The second-order valence-corrected chi connectivity index (χ2v) is 11.4. The van der Waals surface area contributed by atoms with E-state index in [0.717, 1.165) is 0 Å². The van der Waals surface area contributed by atoms with Gasteiger partial charge >= 0.3 is 0 Å². The Morgan fingerprint density at radius 1 is 1.39 bits per heavy atom. The first-order chi connectivity index (χ1) is 8.19. The molecule has 0 bridgehead atoms. The minimum atomic E-state index is -1.42. The fraction of sp³-hybridized carbons (Fsp3) is 0.417. The lowest BCUT2D eigenvalue weighted by Crippen LogP contribution is -2.24. The van der Waals surface area contributed by atoms with Crippen molar-refractivity contribution in [2.75, 3.05) is 0 Å². The van der Waals surface area contributed by atoms with Crippen molar-refractivity contribution in [3.8, 4) is 0 Å². The summed E-state index contributed by atoms with van der Waals surface area (Å²) < 4.78 is 0. The van der Waals surface area contributed by atoms with E-state index in [9.17, 15) is 14.9 Å². The highest BCUT2D eigenvalue weighted by molar-refractivity contribution is 6.78. The van der Waals surface area contributed by atoms with Crippen molar-refractivity contribution >= 4 is 31.1 Å².